The normalized spacial score (nSPS) is 11.0. The molecule has 0 radical (unpaired) electrons. The van der Waals surface area contributed by atoms with Crippen molar-refractivity contribution in [3.8, 4) is 11.5 Å². The molecule has 2 aromatic rings. The molecule has 8 heteroatoms. The van der Waals surface area contributed by atoms with Crippen molar-refractivity contribution in [1.29, 1.82) is 0 Å². The van der Waals surface area contributed by atoms with E-state index < -0.39 is 0 Å². The molecule has 0 aliphatic carbocycles. The number of rotatable bonds is 12. The van der Waals surface area contributed by atoms with Crippen molar-refractivity contribution in [3.63, 3.8) is 0 Å². The summed E-state index contributed by atoms with van der Waals surface area (Å²) in [5.41, 5.74) is 0.659. The number of hydrogen-bond donors (Lipinski definition) is 1. The maximum absolute atomic E-state index is 13.3. The lowest BCUT2D eigenvalue weighted by Crippen LogP contribution is -2.32. The van der Waals surface area contributed by atoms with E-state index in [1.54, 1.807) is 37.3 Å². The number of carbonyl (C=O) groups is 2. The molecule has 0 bridgehead atoms. The highest BCUT2D eigenvalue weighted by Gasteiger charge is 2.21. The second-order valence-corrected chi connectivity index (χ2v) is 8.58. The third-order valence-corrected chi connectivity index (χ3v) is 4.98. The van der Waals surface area contributed by atoms with E-state index in [1.165, 1.54) is 6.26 Å². The highest BCUT2D eigenvalue weighted by Crippen LogP contribution is 2.24. The van der Waals surface area contributed by atoms with Crippen LogP contribution in [0, 0.1) is 11.8 Å². The summed E-state index contributed by atoms with van der Waals surface area (Å²) in [4.78, 5) is 31.6. The van der Waals surface area contributed by atoms with Gasteiger partial charge < -0.3 is 24.1 Å². The Balaban J connectivity index is 2.17. The minimum Gasteiger partial charge on any atom is -0.497 e. The van der Waals surface area contributed by atoms with Gasteiger partial charge >= 0.3 is 0 Å². The topological polar surface area (TPSA) is 93.9 Å². The summed E-state index contributed by atoms with van der Waals surface area (Å²) in [5.74, 6) is 1.82. The van der Waals surface area contributed by atoms with Crippen LogP contribution in [0.15, 0.2) is 28.9 Å². The van der Waals surface area contributed by atoms with Crippen molar-refractivity contribution < 1.29 is 23.5 Å². The Morgan fingerprint density at radius 3 is 2.22 bits per heavy atom. The van der Waals surface area contributed by atoms with Gasteiger partial charge in [0.1, 0.15) is 17.8 Å². The van der Waals surface area contributed by atoms with Gasteiger partial charge in [-0.05, 0) is 36.8 Å². The van der Waals surface area contributed by atoms with Crippen molar-refractivity contribution in [3.05, 3.63) is 41.6 Å². The number of carbonyl (C=O) groups excluding carboxylic acids is 2. The minimum absolute atomic E-state index is 0.157. The molecule has 0 saturated heterocycles. The largest absolute Gasteiger partial charge is 0.497 e. The molecule has 0 spiro atoms. The van der Waals surface area contributed by atoms with E-state index in [9.17, 15) is 9.59 Å². The van der Waals surface area contributed by atoms with Gasteiger partial charge in [-0.25, -0.2) is 4.98 Å². The molecule has 0 unspecified atom stereocenters. The lowest BCUT2D eigenvalue weighted by atomic mass is 10.1. The smallest absolute Gasteiger partial charge is 0.273 e. The van der Waals surface area contributed by atoms with Gasteiger partial charge in [0.2, 0.25) is 5.89 Å². The van der Waals surface area contributed by atoms with Crippen LogP contribution in [-0.2, 0) is 6.54 Å². The Bertz CT molecular complexity index is 869. The molecular formula is C24H35N3O5. The van der Waals surface area contributed by atoms with Gasteiger partial charge in [0, 0.05) is 24.7 Å². The molecular weight excluding hydrogens is 410 g/mol. The standard InChI is InChI=1S/C24H35N3O5/c1-16(2)7-9-25-23(28)21-15-32-22(26-21)14-27(10-8-17(3)4)24(29)18-11-19(30-5)13-20(12-18)31-6/h11-13,15-17H,7-10,14H2,1-6H3,(H,25,28). The molecule has 2 amide bonds. The third-order valence-electron chi connectivity index (χ3n) is 4.98. The molecule has 1 aromatic carbocycles. The number of hydrogen-bond acceptors (Lipinski definition) is 6. The maximum atomic E-state index is 13.3. The number of nitrogens with one attached hydrogen (secondary N) is 1. The number of oxazole rings is 1. The van der Waals surface area contributed by atoms with Crippen LogP contribution in [0.3, 0.4) is 0 Å². The Morgan fingerprint density at radius 1 is 1.03 bits per heavy atom. The molecule has 0 aliphatic heterocycles. The lowest BCUT2D eigenvalue weighted by molar-refractivity contribution is 0.0719. The Hall–Kier alpha value is -3.03. The zero-order valence-electron chi connectivity index (χ0n) is 19.9. The van der Waals surface area contributed by atoms with Crippen LogP contribution in [0.25, 0.3) is 0 Å². The zero-order chi connectivity index (χ0) is 23.7. The van der Waals surface area contributed by atoms with Crippen LogP contribution in [-0.4, -0.2) is 49.0 Å². The Labute approximate surface area is 190 Å². The summed E-state index contributed by atoms with van der Waals surface area (Å²) in [6.45, 7) is 9.65. The fourth-order valence-corrected chi connectivity index (χ4v) is 3.00. The van der Waals surface area contributed by atoms with Gasteiger partial charge in [-0.15, -0.1) is 0 Å². The zero-order valence-corrected chi connectivity index (χ0v) is 19.9. The van der Waals surface area contributed by atoms with Crippen molar-refractivity contribution >= 4 is 11.8 Å². The Morgan fingerprint density at radius 2 is 1.66 bits per heavy atom. The summed E-state index contributed by atoms with van der Waals surface area (Å²) >= 11 is 0. The van der Waals surface area contributed by atoms with E-state index in [-0.39, 0.29) is 24.1 Å². The quantitative estimate of drug-likeness (QED) is 0.527. The number of aromatic nitrogens is 1. The summed E-state index contributed by atoms with van der Waals surface area (Å²) in [5, 5.41) is 2.84. The summed E-state index contributed by atoms with van der Waals surface area (Å²) in [6, 6.07) is 5.07. The van der Waals surface area contributed by atoms with Crippen molar-refractivity contribution in [1.82, 2.24) is 15.2 Å². The number of ether oxygens (including phenoxy) is 2. The first-order valence-electron chi connectivity index (χ1n) is 11.0. The van der Waals surface area contributed by atoms with E-state index >= 15 is 0 Å². The van der Waals surface area contributed by atoms with Gasteiger partial charge in [-0.3, -0.25) is 9.59 Å². The first-order valence-corrected chi connectivity index (χ1v) is 11.0. The second kappa shape index (κ2) is 12.1. The Kier molecular flexibility index (Phi) is 9.56. The first-order chi connectivity index (χ1) is 15.2. The van der Waals surface area contributed by atoms with E-state index in [1.807, 2.05) is 0 Å². The summed E-state index contributed by atoms with van der Waals surface area (Å²) < 4.78 is 16.1. The van der Waals surface area contributed by atoms with Crippen LogP contribution in [0.4, 0.5) is 0 Å². The minimum atomic E-state index is -0.279. The molecule has 1 aromatic heterocycles. The molecule has 0 aliphatic rings. The molecule has 176 valence electrons. The fourth-order valence-electron chi connectivity index (χ4n) is 3.00. The molecule has 1 heterocycles. The van der Waals surface area contributed by atoms with Crippen LogP contribution in [0.2, 0.25) is 0 Å². The lowest BCUT2D eigenvalue weighted by Gasteiger charge is -2.23. The monoisotopic (exact) mass is 445 g/mol. The van der Waals surface area contributed by atoms with Crippen molar-refractivity contribution in [2.45, 2.75) is 47.1 Å². The fraction of sp³-hybridized carbons (Fsp3) is 0.542. The number of nitrogens with zero attached hydrogens (tertiary/aromatic N) is 2. The predicted octanol–water partition coefficient (Wildman–Crippen LogP) is 4.16. The number of methoxy groups -OCH3 is 2. The highest BCUT2D eigenvalue weighted by molar-refractivity contribution is 5.95. The average molecular weight is 446 g/mol. The molecule has 32 heavy (non-hydrogen) atoms. The van der Waals surface area contributed by atoms with E-state index in [4.69, 9.17) is 13.9 Å². The van der Waals surface area contributed by atoms with Crippen molar-refractivity contribution in [2.24, 2.45) is 11.8 Å². The van der Waals surface area contributed by atoms with Crippen LogP contribution < -0.4 is 14.8 Å². The van der Waals surface area contributed by atoms with Crippen LogP contribution in [0.5, 0.6) is 11.5 Å². The summed E-state index contributed by atoms with van der Waals surface area (Å²) in [6.07, 6.45) is 3.04. The predicted molar refractivity (Wildman–Crippen MR) is 122 cm³/mol. The molecule has 2 rings (SSSR count). The molecule has 0 atom stereocenters. The number of amides is 2. The second-order valence-electron chi connectivity index (χ2n) is 8.58. The summed E-state index contributed by atoms with van der Waals surface area (Å²) in [7, 11) is 3.08. The van der Waals surface area contributed by atoms with Crippen LogP contribution >= 0.6 is 0 Å². The SMILES string of the molecule is COc1cc(OC)cc(C(=O)N(CCC(C)C)Cc2nc(C(=O)NCCC(C)C)co2)c1. The van der Waals surface area contributed by atoms with Crippen molar-refractivity contribution in [2.75, 3.05) is 27.3 Å². The van der Waals surface area contributed by atoms with E-state index in [2.05, 4.69) is 38.0 Å². The average Bonchev–Trinajstić information content (AvgIpc) is 3.24. The molecule has 8 nitrogen and oxygen atoms in total. The number of benzene rings is 1. The maximum Gasteiger partial charge on any atom is 0.273 e. The van der Waals surface area contributed by atoms with Gasteiger partial charge in [-0.2, -0.15) is 0 Å². The van der Waals surface area contributed by atoms with Gasteiger partial charge in [0.15, 0.2) is 5.69 Å². The van der Waals surface area contributed by atoms with E-state index in [0.29, 0.717) is 47.9 Å². The third kappa shape index (κ3) is 7.59. The molecule has 0 fully saturated rings. The highest BCUT2D eigenvalue weighted by atomic mass is 16.5. The van der Waals surface area contributed by atoms with Crippen LogP contribution in [0.1, 0.15) is 67.3 Å². The molecule has 1 N–H and O–H groups in total. The molecule has 0 saturated carbocycles. The van der Waals surface area contributed by atoms with E-state index in [0.717, 1.165) is 12.8 Å². The van der Waals surface area contributed by atoms with Gasteiger partial charge in [0.05, 0.1) is 20.8 Å². The first kappa shape index (κ1) is 25.2. The van der Waals surface area contributed by atoms with Gasteiger partial charge in [0.25, 0.3) is 11.8 Å². The van der Waals surface area contributed by atoms with Gasteiger partial charge in [-0.1, -0.05) is 27.7 Å².